The molecule has 0 bridgehead atoms. The minimum atomic E-state index is 0.908. The van der Waals surface area contributed by atoms with Gasteiger partial charge in [-0.25, -0.2) is 9.97 Å². The highest BCUT2D eigenvalue weighted by atomic mass is 32.1. The van der Waals surface area contributed by atoms with E-state index in [9.17, 15) is 0 Å². The maximum Gasteiger partial charge on any atom is 0.159 e. The molecule has 5 aromatic carbocycles. The summed E-state index contributed by atoms with van der Waals surface area (Å²) < 4.78 is 10.6. The summed E-state index contributed by atoms with van der Waals surface area (Å²) >= 11 is 1.75. The van der Waals surface area contributed by atoms with Gasteiger partial charge in [0.1, 0.15) is 17.5 Å². The van der Waals surface area contributed by atoms with E-state index in [1.54, 1.807) is 17.7 Å². The summed E-state index contributed by atoms with van der Waals surface area (Å²) in [6, 6.07) is 38.4. The van der Waals surface area contributed by atoms with Crippen LogP contribution in [0.3, 0.4) is 0 Å². The Balaban J connectivity index is 1.28. The lowest BCUT2D eigenvalue weighted by molar-refractivity contribution is 0.669. The van der Waals surface area contributed by atoms with Gasteiger partial charge in [-0.15, -0.1) is 11.3 Å². The Kier molecular flexibility index (Phi) is 4.18. The molecule has 0 N–H and O–H groups in total. The van der Waals surface area contributed by atoms with Crippen LogP contribution < -0.4 is 0 Å². The molecule has 9 aromatic rings. The van der Waals surface area contributed by atoms with E-state index in [-0.39, 0.29) is 0 Å². The number of benzene rings is 5. The SMILES string of the molecule is c1ccc2c(c1)oc1ccc(-c3ccc4sc5c(-n6c7ccccc7c7ccccc76)ncnc5c4c3)cc12. The number of rotatable bonds is 2. The number of hydrogen-bond donors (Lipinski definition) is 0. The molecule has 9 rings (SSSR count). The molecule has 0 saturated carbocycles. The number of thiophene rings is 1. The Labute approximate surface area is 226 Å². The molecule has 0 amide bonds. The summed E-state index contributed by atoms with van der Waals surface area (Å²) in [4.78, 5) is 9.62. The van der Waals surface area contributed by atoms with Gasteiger partial charge in [0.05, 0.1) is 21.3 Å². The molecular formula is C34H19N3OS. The second-order valence-electron chi connectivity index (χ2n) is 9.87. The lowest BCUT2D eigenvalue weighted by Gasteiger charge is -2.07. The van der Waals surface area contributed by atoms with Gasteiger partial charge < -0.3 is 4.42 Å². The molecule has 0 radical (unpaired) electrons. The van der Waals surface area contributed by atoms with Crippen LogP contribution in [0.1, 0.15) is 0 Å². The van der Waals surface area contributed by atoms with Gasteiger partial charge in [-0.05, 0) is 53.6 Å². The van der Waals surface area contributed by atoms with Gasteiger partial charge in [0.2, 0.25) is 0 Å². The first-order valence-electron chi connectivity index (χ1n) is 12.9. The maximum absolute atomic E-state index is 6.05. The Bertz CT molecular complexity index is 2360. The number of hydrogen-bond acceptors (Lipinski definition) is 4. The van der Waals surface area contributed by atoms with Crippen molar-refractivity contribution < 1.29 is 4.42 Å². The van der Waals surface area contributed by atoms with Crippen molar-refractivity contribution in [2.75, 3.05) is 0 Å². The standard InChI is InChI=1S/C34H19N3OS/c1-4-10-27-22(7-1)23-8-2-5-11-28(23)37(27)34-33-32(35-19-36-34)26-18-21(14-16-31(26)39-33)20-13-15-30-25(17-20)24-9-3-6-12-29(24)38-30/h1-19H. The summed E-state index contributed by atoms with van der Waals surface area (Å²) in [5.74, 6) is 0.923. The lowest BCUT2D eigenvalue weighted by atomic mass is 10.0. The fourth-order valence-corrected chi connectivity index (χ4v) is 7.08. The Morgan fingerprint density at radius 1 is 0.564 bits per heavy atom. The zero-order valence-corrected chi connectivity index (χ0v) is 21.4. The average molecular weight is 518 g/mol. The zero-order valence-electron chi connectivity index (χ0n) is 20.6. The van der Waals surface area contributed by atoms with Crippen LogP contribution in [-0.2, 0) is 0 Å². The first kappa shape index (κ1) is 21.0. The normalized spacial score (nSPS) is 12.1. The van der Waals surface area contributed by atoms with Crippen LogP contribution in [-0.4, -0.2) is 14.5 Å². The fourth-order valence-electron chi connectivity index (χ4n) is 5.96. The second-order valence-corrected chi connectivity index (χ2v) is 10.9. The summed E-state index contributed by atoms with van der Waals surface area (Å²) in [5.41, 5.74) is 7.43. The van der Waals surface area contributed by atoms with Crippen LogP contribution in [0.25, 0.3) is 81.0 Å². The number of nitrogens with zero attached hydrogens (tertiary/aromatic N) is 3. The highest BCUT2D eigenvalue weighted by Crippen LogP contribution is 2.41. The van der Waals surface area contributed by atoms with E-state index in [1.807, 2.05) is 12.1 Å². The number of para-hydroxylation sites is 3. The third-order valence-corrected chi connectivity index (χ3v) is 8.89. The predicted molar refractivity (Wildman–Crippen MR) is 162 cm³/mol. The molecule has 0 fully saturated rings. The number of fused-ring (bicyclic) bond motifs is 9. The van der Waals surface area contributed by atoms with Crippen LogP contribution in [0.5, 0.6) is 0 Å². The number of aromatic nitrogens is 3. The Hall–Kier alpha value is -5.00. The van der Waals surface area contributed by atoms with E-state index in [2.05, 4.69) is 102 Å². The van der Waals surface area contributed by atoms with E-state index < -0.39 is 0 Å². The highest BCUT2D eigenvalue weighted by molar-refractivity contribution is 7.26. The Morgan fingerprint density at radius 3 is 2.00 bits per heavy atom. The van der Waals surface area contributed by atoms with Crippen molar-refractivity contribution in [3.63, 3.8) is 0 Å². The molecule has 0 aliphatic rings. The van der Waals surface area contributed by atoms with Crippen molar-refractivity contribution in [1.82, 2.24) is 14.5 Å². The number of furan rings is 1. The van der Waals surface area contributed by atoms with Crippen LogP contribution in [0.4, 0.5) is 0 Å². The first-order valence-corrected chi connectivity index (χ1v) is 13.7. The van der Waals surface area contributed by atoms with Crippen LogP contribution in [0, 0.1) is 0 Å². The van der Waals surface area contributed by atoms with Gasteiger partial charge in [0.25, 0.3) is 0 Å². The quantitative estimate of drug-likeness (QED) is 0.229. The minimum absolute atomic E-state index is 0.908. The molecule has 4 nitrogen and oxygen atoms in total. The largest absolute Gasteiger partial charge is 0.456 e. The van der Waals surface area contributed by atoms with Gasteiger partial charge in [-0.3, -0.25) is 4.57 Å². The highest BCUT2D eigenvalue weighted by Gasteiger charge is 2.18. The molecule has 0 atom stereocenters. The molecule has 0 saturated heterocycles. The molecule has 5 heteroatoms. The summed E-state index contributed by atoms with van der Waals surface area (Å²) in [6.45, 7) is 0. The summed E-state index contributed by atoms with van der Waals surface area (Å²) in [7, 11) is 0. The van der Waals surface area contributed by atoms with E-state index in [1.165, 1.54) is 15.5 Å². The van der Waals surface area contributed by atoms with Gasteiger partial charge in [-0.1, -0.05) is 66.7 Å². The summed E-state index contributed by atoms with van der Waals surface area (Å²) in [5, 5.41) is 5.87. The molecule has 4 heterocycles. The minimum Gasteiger partial charge on any atom is -0.456 e. The zero-order chi connectivity index (χ0) is 25.5. The summed E-state index contributed by atoms with van der Waals surface area (Å²) in [6.07, 6.45) is 1.70. The van der Waals surface area contributed by atoms with Crippen molar-refractivity contribution in [1.29, 1.82) is 0 Å². The van der Waals surface area contributed by atoms with Crippen molar-refractivity contribution in [3.8, 4) is 16.9 Å². The van der Waals surface area contributed by atoms with Gasteiger partial charge >= 0.3 is 0 Å². The third kappa shape index (κ3) is 2.93. The van der Waals surface area contributed by atoms with Crippen molar-refractivity contribution in [2.45, 2.75) is 0 Å². The fraction of sp³-hybridized carbons (Fsp3) is 0. The van der Waals surface area contributed by atoms with Gasteiger partial charge in [0, 0.05) is 31.6 Å². The molecule has 182 valence electrons. The topological polar surface area (TPSA) is 43.9 Å². The molecule has 0 aliphatic carbocycles. The monoisotopic (exact) mass is 517 g/mol. The maximum atomic E-state index is 6.05. The molecule has 0 spiro atoms. The van der Waals surface area contributed by atoms with Crippen molar-refractivity contribution >= 4 is 75.4 Å². The molecule has 0 aliphatic heterocycles. The van der Waals surface area contributed by atoms with Crippen LogP contribution in [0.15, 0.2) is 120 Å². The van der Waals surface area contributed by atoms with E-state index >= 15 is 0 Å². The Morgan fingerprint density at radius 2 is 1.21 bits per heavy atom. The van der Waals surface area contributed by atoms with Crippen molar-refractivity contribution in [3.05, 3.63) is 116 Å². The second kappa shape index (κ2) is 7.76. The van der Waals surface area contributed by atoms with Crippen LogP contribution in [0.2, 0.25) is 0 Å². The van der Waals surface area contributed by atoms with E-state index in [0.717, 1.165) is 65.5 Å². The molecule has 4 aromatic heterocycles. The molecule has 0 unspecified atom stereocenters. The third-order valence-electron chi connectivity index (χ3n) is 7.73. The molecule has 39 heavy (non-hydrogen) atoms. The van der Waals surface area contributed by atoms with Gasteiger partial charge in [-0.2, -0.15) is 0 Å². The molecular weight excluding hydrogens is 498 g/mol. The smallest absolute Gasteiger partial charge is 0.159 e. The average Bonchev–Trinajstić information content (AvgIpc) is 3.66. The predicted octanol–water partition coefficient (Wildman–Crippen LogP) is 9.51. The first-order chi connectivity index (χ1) is 19.3. The van der Waals surface area contributed by atoms with Gasteiger partial charge in [0.15, 0.2) is 5.82 Å². The van der Waals surface area contributed by atoms with Crippen LogP contribution >= 0.6 is 11.3 Å². The lowest BCUT2D eigenvalue weighted by Crippen LogP contribution is -1.98. The van der Waals surface area contributed by atoms with E-state index in [0.29, 0.717) is 0 Å². The van der Waals surface area contributed by atoms with Crippen molar-refractivity contribution in [2.24, 2.45) is 0 Å². The van der Waals surface area contributed by atoms with E-state index in [4.69, 9.17) is 14.4 Å².